The summed E-state index contributed by atoms with van der Waals surface area (Å²) < 4.78 is 18.5. The molecule has 1 amide bonds. The molecule has 1 aliphatic heterocycles. The third kappa shape index (κ3) is 6.08. The van der Waals surface area contributed by atoms with Crippen LogP contribution in [0.25, 0.3) is 11.0 Å². The summed E-state index contributed by atoms with van der Waals surface area (Å²) in [6, 6.07) is 14.9. The fourth-order valence-electron chi connectivity index (χ4n) is 4.75. The molecule has 11 heteroatoms. The summed E-state index contributed by atoms with van der Waals surface area (Å²) in [6.45, 7) is 5.44. The van der Waals surface area contributed by atoms with Gasteiger partial charge in [-0.1, -0.05) is 12.1 Å². The molecule has 1 aliphatic rings. The zero-order valence-electron chi connectivity index (χ0n) is 22.6. The predicted octanol–water partition coefficient (Wildman–Crippen LogP) is 4.53. The minimum absolute atomic E-state index is 0.118. The third-order valence-electron chi connectivity index (χ3n) is 6.92. The molecule has 3 heterocycles. The maximum Gasteiger partial charge on any atom is 0.251 e. The standard InChI is InChI=1S/C28H34N7O3P/c1-35-15-12-19(13-16-35)30-27(36)18-9-10-21(23(17-18)38-2)32-28-33-25-20(11-14-29-25)26(34-28)31-22-7-5-6-8-24(22)39(3,4)37/h5-11,14,17,19H,12-13,15-16H2,1-4H3,(H,30,36)(H3,29,31,32,33,34). The smallest absolute Gasteiger partial charge is 0.251 e. The number of hydrogen-bond donors (Lipinski definition) is 4. The molecule has 5 rings (SSSR count). The van der Waals surface area contributed by atoms with E-state index in [4.69, 9.17) is 9.72 Å². The van der Waals surface area contributed by atoms with E-state index in [2.05, 4.69) is 37.9 Å². The Morgan fingerprint density at radius 2 is 1.82 bits per heavy atom. The Kier molecular flexibility index (Phi) is 7.59. The van der Waals surface area contributed by atoms with E-state index in [1.54, 1.807) is 44.8 Å². The van der Waals surface area contributed by atoms with Gasteiger partial charge < -0.3 is 35.1 Å². The van der Waals surface area contributed by atoms with Gasteiger partial charge in [0.1, 0.15) is 24.4 Å². The fourth-order valence-corrected chi connectivity index (χ4v) is 5.90. The van der Waals surface area contributed by atoms with E-state index in [1.165, 1.54) is 0 Å². The lowest BCUT2D eigenvalue weighted by Gasteiger charge is -2.29. The third-order valence-corrected chi connectivity index (χ3v) is 8.47. The number of benzene rings is 2. The largest absolute Gasteiger partial charge is 0.495 e. The first-order valence-electron chi connectivity index (χ1n) is 12.9. The highest BCUT2D eigenvalue weighted by atomic mass is 31.2. The Morgan fingerprint density at radius 3 is 2.56 bits per heavy atom. The molecular weight excluding hydrogens is 513 g/mol. The first kappa shape index (κ1) is 26.7. The highest BCUT2D eigenvalue weighted by molar-refractivity contribution is 7.70. The maximum absolute atomic E-state index is 12.9. The first-order chi connectivity index (χ1) is 18.7. The normalized spacial score (nSPS) is 14.8. The van der Waals surface area contributed by atoms with E-state index >= 15 is 0 Å². The van der Waals surface area contributed by atoms with Crippen molar-refractivity contribution in [3.05, 3.63) is 60.3 Å². The van der Waals surface area contributed by atoms with Crippen molar-refractivity contribution in [2.45, 2.75) is 18.9 Å². The van der Waals surface area contributed by atoms with Gasteiger partial charge in [-0.25, -0.2) is 0 Å². The second-order valence-corrected chi connectivity index (χ2v) is 13.4. The molecule has 10 nitrogen and oxygen atoms in total. The number of nitrogens with one attached hydrogen (secondary N) is 4. The number of aromatic amines is 1. The van der Waals surface area contributed by atoms with Gasteiger partial charge in [0, 0.05) is 23.1 Å². The monoisotopic (exact) mass is 547 g/mol. The molecule has 0 spiro atoms. The summed E-state index contributed by atoms with van der Waals surface area (Å²) in [5, 5.41) is 11.3. The van der Waals surface area contributed by atoms with E-state index in [-0.39, 0.29) is 11.9 Å². The Morgan fingerprint density at radius 1 is 1.05 bits per heavy atom. The molecule has 2 aromatic carbocycles. The SMILES string of the molecule is COc1cc(C(=O)NC2CCN(C)CC2)ccc1Nc1nc(Nc2ccccc2P(C)(C)=O)c2cc[nH]c2n1. The summed E-state index contributed by atoms with van der Waals surface area (Å²) in [5.74, 6) is 1.28. The van der Waals surface area contributed by atoms with Gasteiger partial charge in [-0.15, -0.1) is 0 Å². The van der Waals surface area contributed by atoms with Crippen LogP contribution in [0.15, 0.2) is 54.7 Å². The number of hydrogen-bond acceptors (Lipinski definition) is 8. The molecule has 0 saturated carbocycles. The number of carbonyl (C=O) groups excluding carboxylic acids is 1. The van der Waals surface area contributed by atoms with Crippen LogP contribution >= 0.6 is 7.14 Å². The zero-order valence-corrected chi connectivity index (χ0v) is 23.5. The number of anilines is 4. The number of ether oxygens (including phenoxy) is 1. The molecule has 0 atom stereocenters. The van der Waals surface area contributed by atoms with Gasteiger partial charge in [0.2, 0.25) is 5.95 Å². The van der Waals surface area contributed by atoms with Crippen LogP contribution in [0.3, 0.4) is 0 Å². The number of fused-ring (bicyclic) bond motifs is 1. The lowest BCUT2D eigenvalue weighted by atomic mass is 10.0. The molecule has 0 unspecified atom stereocenters. The van der Waals surface area contributed by atoms with Crippen molar-refractivity contribution in [1.82, 2.24) is 25.2 Å². The number of rotatable bonds is 8. The van der Waals surface area contributed by atoms with Gasteiger partial charge in [0.25, 0.3) is 5.91 Å². The number of likely N-dealkylation sites (tertiary alicyclic amines) is 1. The molecular formula is C28H34N7O3P. The van der Waals surface area contributed by atoms with Crippen molar-refractivity contribution in [2.75, 3.05) is 51.2 Å². The number of nitrogens with zero attached hydrogens (tertiary/aromatic N) is 3. The number of piperidine rings is 1. The fraction of sp³-hybridized carbons (Fsp3) is 0.321. The number of methoxy groups -OCH3 is 1. The van der Waals surface area contributed by atoms with E-state index in [9.17, 15) is 9.36 Å². The van der Waals surface area contributed by atoms with Crippen molar-refractivity contribution in [1.29, 1.82) is 0 Å². The van der Waals surface area contributed by atoms with Gasteiger partial charge in [0.15, 0.2) is 0 Å². The first-order valence-corrected chi connectivity index (χ1v) is 15.5. The average molecular weight is 548 g/mol. The molecule has 0 bridgehead atoms. The van der Waals surface area contributed by atoms with Gasteiger partial charge in [-0.2, -0.15) is 9.97 Å². The Labute approximate surface area is 227 Å². The number of H-pyrrole nitrogens is 1. The summed E-state index contributed by atoms with van der Waals surface area (Å²) in [6.07, 6.45) is 3.67. The van der Waals surface area contributed by atoms with Crippen LogP contribution < -0.4 is 26.0 Å². The minimum atomic E-state index is -2.52. The summed E-state index contributed by atoms with van der Waals surface area (Å²) in [5.41, 5.74) is 2.52. The zero-order chi connectivity index (χ0) is 27.6. The van der Waals surface area contributed by atoms with Gasteiger partial charge in [-0.05, 0) is 82.7 Å². The second kappa shape index (κ2) is 11.1. The van der Waals surface area contributed by atoms with E-state index in [0.717, 1.165) is 42.3 Å². The minimum Gasteiger partial charge on any atom is -0.495 e. The lowest BCUT2D eigenvalue weighted by molar-refractivity contribution is 0.0916. The van der Waals surface area contributed by atoms with Crippen molar-refractivity contribution in [3.63, 3.8) is 0 Å². The van der Waals surface area contributed by atoms with Crippen LogP contribution in [-0.4, -0.2) is 72.4 Å². The average Bonchev–Trinajstić information content (AvgIpc) is 3.39. The molecule has 39 heavy (non-hydrogen) atoms. The van der Waals surface area contributed by atoms with Crippen molar-refractivity contribution in [3.8, 4) is 5.75 Å². The number of aromatic nitrogens is 3. The van der Waals surface area contributed by atoms with E-state index < -0.39 is 7.14 Å². The molecule has 204 valence electrons. The number of amides is 1. The van der Waals surface area contributed by atoms with Crippen molar-refractivity contribution >= 4 is 52.5 Å². The highest BCUT2D eigenvalue weighted by Crippen LogP contribution is 2.39. The predicted molar refractivity (Wildman–Crippen MR) is 157 cm³/mol. The van der Waals surface area contributed by atoms with Gasteiger partial charge >= 0.3 is 0 Å². The van der Waals surface area contributed by atoms with Crippen LogP contribution in [0.2, 0.25) is 0 Å². The molecule has 1 fully saturated rings. The number of carbonyl (C=O) groups is 1. The topological polar surface area (TPSA) is 124 Å². The van der Waals surface area contributed by atoms with E-state index in [1.807, 2.05) is 30.3 Å². The van der Waals surface area contributed by atoms with Gasteiger partial charge in [-0.3, -0.25) is 4.79 Å². The van der Waals surface area contributed by atoms with Crippen LogP contribution in [0.5, 0.6) is 5.75 Å². The molecule has 2 aromatic heterocycles. The summed E-state index contributed by atoms with van der Waals surface area (Å²) in [7, 11) is 1.13. The summed E-state index contributed by atoms with van der Waals surface area (Å²) in [4.78, 5) is 27.6. The molecule has 1 saturated heterocycles. The molecule has 0 aliphatic carbocycles. The van der Waals surface area contributed by atoms with Crippen molar-refractivity contribution < 1.29 is 14.1 Å². The quantitative estimate of drug-likeness (QED) is 0.237. The van der Waals surface area contributed by atoms with E-state index in [0.29, 0.717) is 34.4 Å². The molecule has 4 aromatic rings. The lowest BCUT2D eigenvalue weighted by Crippen LogP contribution is -2.43. The maximum atomic E-state index is 12.9. The van der Waals surface area contributed by atoms with Crippen LogP contribution in [-0.2, 0) is 4.57 Å². The van der Waals surface area contributed by atoms with Crippen LogP contribution in [0.4, 0.5) is 23.1 Å². The Balaban J connectivity index is 1.39. The molecule has 0 radical (unpaired) electrons. The highest BCUT2D eigenvalue weighted by Gasteiger charge is 2.21. The second-order valence-electron chi connectivity index (χ2n) is 10.2. The van der Waals surface area contributed by atoms with Crippen LogP contribution in [0.1, 0.15) is 23.2 Å². The van der Waals surface area contributed by atoms with Crippen LogP contribution in [0, 0.1) is 0 Å². The number of para-hydroxylation sites is 1. The molecule has 4 N–H and O–H groups in total. The Bertz CT molecular complexity index is 1540. The Hall–Kier alpha value is -3.88. The van der Waals surface area contributed by atoms with Gasteiger partial charge in [0.05, 0.1) is 23.9 Å². The summed E-state index contributed by atoms with van der Waals surface area (Å²) >= 11 is 0. The van der Waals surface area contributed by atoms with Crippen molar-refractivity contribution in [2.24, 2.45) is 0 Å².